The fraction of sp³-hybridized carbons (Fsp3) is 0.625. The zero-order valence-corrected chi connectivity index (χ0v) is 18.8. The number of aromatic nitrogens is 2. The second-order valence-electron chi connectivity index (χ2n) is 9.67. The number of aryl methyl sites for hydroxylation is 1. The largest absolute Gasteiger partial charge is 0.329 e. The van der Waals surface area contributed by atoms with Gasteiger partial charge >= 0.3 is 5.69 Å². The molecule has 3 fully saturated rings. The molecule has 2 amide bonds. The van der Waals surface area contributed by atoms with Gasteiger partial charge in [0.2, 0.25) is 11.8 Å². The summed E-state index contributed by atoms with van der Waals surface area (Å²) in [6.07, 6.45) is 6.61. The highest BCUT2D eigenvalue weighted by atomic mass is 16.2. The summed E-state index contributed by atoms with van der Waals surface area (Å²) in [7, 11) is 1.76. The molecule has 1 atom stereocenters. The number of piperidine rings is 3. The van der Waals surface area contributed by atoms with E-state index in [4.69, 9.17) is 0 Å². The average molecular weight is 440 g/mol. The van der Waals surface area contributed by atoms with Crippen LogP contribution in [0.2, 0.25) is 0 Å². The lowest BCUT2D eigenvalue weighted by Gasteiger charge is -2.39. The van der Waals surface area contributed by atoms with Crippen molar-refractivity contribution >= 4 is 22.8 Å². The number of hydrogen-bond acceptors (Lipinski definition) is 5. The molecule has 32 heavy (non-hydrogen) atoms. The van der Waals surface area contributed by atoms with Crippen LogP contribution in [-0.2, 0) is 23.1 Å². The topological polar surface area (TPSA) is 88.4 Å². The quantitative estimate of drug-likeness (QED) is 0.702. The molecule has 0 radical (unpaired) electrons. The average Bonchev–Trinajstić information content (AvgIpc) is 3.05. The van der Waals surface area contributed by atoms with Crippen LogP contribution in [0.4, 0.5) is 0 Å². The van der Waals surface area contributed by atoms with E-state index < -0.39 is 6.04 Å². The number of imidazole rings is 1. The van der Waals surface area contributed by atoms with Gasteiger partial charge in [0.05, 0.1) is 11.0 Å². The van der Waals surface area contributed by atoms with Crippen LogP contribution in [0.25, 0.3) is 11.0 Å². The Balaban J connectivity index is 1.30. The van der Waals surface area contributed by atoms with Crippen LogP contribution >= 0.6 is 0 Å². The van der Waals surface area contributed by atoms with E-state index in [0.29, 0.717) is 12.3 Å². The van der Waals surface area contributed by atoms with Crippen molar-refractivity contribution in [1.29, 1.82) is 0 Å². The van der Waals surface area contributed by atoms with Crippen LogP contribution in [0.15, 0.2) is 23.0 Å². The van der Waals surface area contributed by atoms with Gasteiger partial charge in [-0.3, -0.25) is 24.0 Å². The molecular formula is C24H33N5O3. The second-order valence-corrected chi connectivity index (χ2v) is 9.67. The summed E-state index contributed by atoms with van der Waals surface area (Å²) in [6.45, 7) is 4.65. The summed E-state index contributed by atoms with van der Waals surface area (Å²) in [5.74, 6) is 0.00752. The van der Waals surface area contributed by atoms with Gasteiger partial charge < -0.3 is 10.2 Å². The van der Waals surface area contributed by atoms with Gasteiger partial charge in [0.15, 0.2) is 0 Å². The van der Waals surface area contributed by atoms with Gasteiger partial charge in [0.25, 0.3) is 0 Å². The minimum atomic E-state index is -0.630. The highest BCUT2D eigenvalue weighted by Crippen LogP contribution is 2.28. The molecule has 2 N–H and O–H groups in total. The van der Waals surface area contributed by atoms with Crippen molar-refractivity contribution in [3.63, 3.8) is 0 Å². The Kier molecular flexibility index (Phi) is 5.90. The van der Waals surface area contributed by atoms with Crippen molar-refractivity contribution in [3.8, 4) is 0 Å². The van der Waals surface area contributed by atoms with E-state index in [-0.39, 0.29) is 23.9 Å². The first-order valence-electron chi connectivity index (χ1n) is 12.0. The van der Waals surface area contributed by atoms with Crippen molar-refractivity contribution in [2.75, 3.05) is 26.2 Å². The molecule has 3 aliphatic heterocycles. The Hall–Kier alpha value is -2.45. The third kappa shape index (κ3) is 4.01. The van der Waals surface area contributed by atoms with Crippen LogP contribution in [-0.4, -0.2) is 58.1 Å². The lowest BCUT2D eigenvalue weighted by atomic mass is 9.88. The van der Waals surface area contributed by atoms with E-state index in [9.17, 15) is 14.4 Å². The highest BCUT2D eigenvalue weighted by molar-refractivity contribution is 6.00. The maximum atomic E-state index is 13.0. The summed E-state index contributed by atoms with van der Waals surface area (Å²) in [5.41, 5.74) is 2.65. The third-order valence-corrected chi connectivity index (χ3v) is 7.67. The maximum absolute atomic E-state index is 13.0. The van der Waals surface area contributed by atoms with Gasteiger partial charge in [-0.1, -0.05) is 6.07 Å². The number of likely N-dealkylation sites (tertiary alicyclic amines) is 1. The van der Waals surface area contributed by atoms with E-state index in [1.165, 1.54) is 44.3 Å². The van der Waals surface area contributed by atoms with Crippen LogP contribution < -0.4 is 16.3 Å². The van der Waals surface area contributed by atoms with E-state index in [0.717, 1.165) is 36.6 Å². The van der Waals surface area contributed by atoms with Crippen molar-refractivity contribution in [3.05, 3.63) is 34.2 Å². The number of amides is 2. The van der Waals surface area contributed by atoms with E-state index in [2.05, 4.69) is 27.7 Å². The molecule has 0 saturated carbocycles. The Morgan fingerprint density at radius 2 is 1.72 bits per heavy atom. The molecule has 3 saturated heterocycles. The lowest BCUT2D eigenvalue weighted by Crippen LogP contribution is -2.46. The lowest BCUT2D eigenvalue weighted by molar-refractivity contribution is -0.135. The van der Waals surface area contributed by atoms with Gasteiger partial charge in [-0.25, -0.2) is 4.79 Å². The first-order chi connectivity index (χ1) is 15.5. The molecule has 172 valence electrons. The molecule has 8 heteroatoms. The molecule has 8 nitrogen and oxygen atoms in total. The van der Waals surface area contributed by atoms with Crippen LogP contribution in [0, 0.1) is 5.92 Å². The Bertz CT molecular complexity index is 1070. The highest BCUT2D eigenvalue weighted by Gasteiger charge is 2.31. The van der Waals surface area contributed by atoms with Crippen LogP contribution in [0.1, 0.15) is 50.1 Å². The predicted molar refractivity (Wildman–Crippen MR) is 122 cm³/mol. The van der Waals surface area contributed by atoms with E-state index >= 15 is 0 Å². The monoisotopic (exact) mass is 439 g/mol. The molecule has 5 rings (SSSR count). The molecule has 2 aromatic rings. The standard InChI is InChI=1S/C24H33N5O3/c1-27-21-15-17(14-16-8-12-28(13-9-16)18-6-10-25-11-7-18)2-3-19(21)29(24(27)32)20-4-5-22(30)26-23(20)31/h2-3,15-16,18,20,25H,4-14H2,1H3,(H,26,30,31). The number of carbonyl (C=O) groups is 2. The van der Waals surface area contributed by atoms with Crippen molar-refractivity contribution in [1.82, 2.24) is 24.7 Å². The van der Waals surface area contributed by atoms with Crippen LogP contribution in [0.3, 0.4) is 0 Å². The second kappa shape index (κ2) is 8.83. The molecule has 1 aromatic heterocycles. The van der Waals surface area contributed by atoms with E-state index in [1.807, 2.05) is 6.07 Å². The van der Waals surface area contributed by atoms with Crippen molar-refractivity contribution in [2.24, 2.45) is 13.0 Å². The van der Waals surface area contributed by atoms with Crippen LogP contribution in [0.5, 0.6) is 0 Å². The number of nitrogens with zero attached hydrogens (tertiary/aromatic N) is 3. The third-order valence-electron chi connectivity index (χ3n) is 7.67. The van der Waals surface area contributed by atoms with Gasteiger partial charge in [-0.2, -0.15) is 0 Å². The summed E-state index contributed by atoms with van der Waals surface area (Å²) in [5, 5.41) is 5.82. The number of nitrogens with one attached hydrogen (secondary N) is 2. The normalized spacial score (nSPS) is 24.2. The molecule has 0 aliphatic carbocycles. The predicted octanol–water partition coefficient (Wildman–Crippen LogP) is 1.32. The molecule has 3 aliphatic rings. The smallest absolute Gasteiger partial charge is 0.317 e. The van der Waals surface area contributed by atoms with Crippen molar-refractivity contribution in [2.45, 2.75) is 57.0 Å². The van der Waals surface area contributed by atoms with E-state index in [1.54, 1.807) is 16.2 Å². The number of carbonyl (C=O) groups excluding carboxylic acids is 2. The first-order valence-corrected chi connectivity index (χ1v) is 12.0. The summed E-state index contributed by atoms with van der Waals surface area (Å²) < 4.78 is 3.18. The maximum Gasteiger partial charge on any atom is 0.329 e. The zero-order chi connectivity index (χ0) is 22.2. The van der Waals surface area contributed by atoms with Gasteiger partial charge in [0, 0.05) is 19.5 Å². The Morgan fingerprint density at radius 3 is 2.44 bits per heavy atom. The zero-order valence-electron chi connectivity index (χ0n) is 18.8. The molecular weight excluding hydrogens is 406 g/mol. The molecule has 1 aromatic carbocycles. The molecule has 0 spiro atoms. The number of benzene rings is 1. The van der Waals surface area contributed by atoms with Gasteiger partial charge in [-0.05, 0) is 88.3 Å². The number of rotatable bonds is 4. The van der Waals surface area contributed by atoms with Gasteiger partial charge in [-0.15, -0.1) is 0 Å². The molecule has 4 heterocycles. The molecule has 0 bridgehead atoms. The minimum absolute atomic E-state index is 0.207. The number of imide groups is 1. The number of fused-ring (bicyclic) bond motifs is 1. The van der Waals surface area contributed by atoms with Crippen molar-refractivity contribution < 1.29 is 9.59 Å². The summed E-state index contributed by atoms with van der Waals surface area (Å²) >= 11 is 0. The fourth-order valence-electron chi connectivity index (χ4n) is 5.79. The fourth-order valence-corrected chi connectivity index (χ4v) is 5.79. The SMILES string of the molecule is Cn1c(=O)n(C2CCC(=O)NC2=O)c2ccc(CC3CCN(C4CCNCC4)CC3)cc21. The first kappa shape index (κ1) is 21.4. The number of hydrogen-bond donors (Lipinski definition) is 2. The molecule has 1 unspecified atom stereocenters. The van der Waals surface area contributed by atoms with Gasteiger partial charge in [0.1, 0.15) is 6.04 Å². The Morgan fingerprint density at radius 1 is 0.969 bits per heavy atom. The Labute approximate surface area is 187 Å². The summed E-state index contributed by atoms with van der Waals surface area (Å²) in [4.78, 5) is 39.5. The summed E-state index contributed by atoms with van der Waals surface area (Å²) in [6, 6.07) is 6.30. The minimum Gasteiger partial charge on any atom is -0.317 e.